The van der Waals surface area contributed by atoms with Gasteiger partial charge in [-0.1, -0.05) is 58.5 Å². The number of thiophene rings is 1. The van der Waals surface area contributed by atoms with Crippen LogP contribution in [-0.2, 0) is 27.9 Å². The number of ether oxygens (including phenoxy) is 1. The van der Waals surface area contributed by atoms with Gasteiger partial charge in [0.1, 0.15) is 8.55 Å². The molecule has 0 radical (unpaired) electrons. The SMILES string of the molecule is CN(CC=C1COCc2cnn(Cc3ccc(Cl)cc3Cl)c21)C(=O)NS(=O)(=O)c1cc(Cl)c(Cl)s1. The zero-order valence-corrected chi connectivity index (χ0v) is 22.8. The van der Waals surface area contributed by atoms with Crippen LogP contribution in [0.4, 0.5) is 4.79 Å². The molecule has 3 heterocycles. The lowest BCUT2D eigenvalue weighted by Gasteiger charge is -2.21. The summed E-state index contributed by atoms with van der Waals surface area (Å²) in [6.45, 7) is 1.26. The van der Waals surface area contributed by atoms with Crippen LogP contribution in [0, 0.1) is 0 Å². The molecule has 4 rings (SSSR count). The van der Waals surface area contributed by atoms with Crippen molar-refractivity contribution < 1.29 is 17.9 Å². The Balaban J connectivity index is 1.49. The third-order valence-corrected chi connectivity index (χ3v) is 9.38. The van der Waals surface area contributed by atoms with E-state index in [1.165, 1.54) is 18.0 Å². The van der Waals surface area contributed by atoms with Gasteiger partial charge in [-0.05, 0) is 23.8 Å². The van der Waals surface area contributed by atoms with E-state index in [-0.39, 0.29) is 20.1 Å². The highest BCUT2D eigenvalue weighted by Gasteiger charge is 2.24. The minimum Gasteiger partial charge on any atom is -0.372 e. The van der Waals surface area contributed by atoms with Crippen LogP contribution < -0.4 is 4.72 Å². The first-order valence-corrected chi connectivity index (χ1v) is 13.8. The van der Waals surface area contributed by atoms with E-state index in [0.717, 1.165) is 33.7 Å². The fraction of sp³-hybridized carbons (Fsp3) is 0.238. The Labute approximate surface area is 226 Å². The van der Waals surface area contributed by atoms with Crippen molar-refractivity contribution in [1.82, 2.24) is 19.4 Å². The lowest BCUT2D eigenvalue weighted by Crippen LogP contribution is -2.40. The highest BCUT2D eigenvalue weighted by atomic mass is 35.5. The topological polar surface area (TPSA) is 93.5 Å². The number of likely N-dealkylation sites (N-methyl/N-ethyl adjacent to an activating group) is 1. The average Bonchev–Trinajstić information content (AvgIpc) is 3.37. The number of urea groups is 1. The number of hydrogen-bond donors (Lipinski definition) is 1. The van der Waals surface area contributed by atoms with E-state index in [1.54, 1.807) is 24.4 Å². The number of carbonyl (C=O) groups excluding carboxylic acids is 1. The van der Waals surface area contributed by atoms with E-state index in [4.69, 9.17) is 51.1 Å². The highest BCUT2D eigenvalue weighted by Crippen LogP contribution is 2.34. The zero-order chi connectivity index (χ0) is 25.3. The maximum atomic E-state index is 12.5. The van der Waals surface area contributed by atoms with Crippen LogP contribution in [0.3, 0.4) is 0 Å². The first-order valence-electron chi connectivity index (χ1n) is 10.0. The van der Waals surface area contributed by atoms with Crippen LogP contribution in [0.5, 0.6) is 0 Å². The number of sulfonamides is 1. The van der Waals surface area contributed by atoms with Gasteiger partial charge in [-0.2, -0.15) is 5.10 Å². The lowest BCUT2D eigenvalue weighted by molar-refractivity contribution is 0.145. The summed E-state index contributed by atoms with van der Waals surface area (Å²) in [5.41, 5.74) is 3.43. The molecule has 2 aromatic heterocycles. The standard InChI is InChI=1S/C21H18Cl4N4O4S2/c1-28(21(30)27-35(31,32)18-7-17(24)20(25)34-18)5-4-13-10-33-11-14-8-26-29(19(13)14)9-12-2-3-15(22)6-16(12)23/h2-4,6-8H,5,9-11H2,1H3,(H,27,30). The van der Waals surface area contributed by atoms with Crippen molar-refractivity contribution in [2.75, 3.05) is 20.2 Å². The maximum Gasteiger partial charge on any atom is 0.331 e. The highest BCUT2D eigenvalue weighted by molar-refractivity contribution is 7.92. The molecule has 0 fully saturated rings. The van der Waals surface area contributed by atoms with Gasteiger partial charge >= 0.3 is 6.03 Å². The fourth-order valence-electron chi connectivity index (χ4n) is 3.36. The first kappa shape index (κ1) is 26.3. The van der Waals surface area contributed by atoms with Crippen molar-refractivity contribution >= 4 is 79.4 Å². The summed E-state index contributed by atoms with van der Waals surface area (Å²) < 4.78 is 34.4. The maximum absolute atomic E-state index is 12.5. The third-order valence-electron chi connectivity index (χ3n) is 5.14. The molecular formula is C21H18Cl4N4O4S2. The van der Waals surface area contributed by atoms with Gasteiger partial charge in [-0.25, -0.2) is 17.9 Å². The van der Waals surface area contributed by atoms with Crippen molar-refractivity contribution in [2.45, 2.75) is 17.4 Å². The molecule has 14 heteroatoms. The number of benzene rings is 1. The Hall–Kier alpha value is -1.79. The van der Waals surface area contributed by atoms with Crippen molar-refractivity contribution in [2.24, 2.45) is 0 Å². The second-order valence-electron chi connectivity index (χ2n) is 7.61. The number of carbonyl (C=O) groups is 1. The van der Waals surface area contributed by atoms with Gasteiger partial charge in [0.05, 0.1) is 36.7 Å². The summed E-state index contributed by atoms with van der Waals surface area (Å²) in [6, 6.07) is 5.67. The van der Waals surface area contributed by atoms with Crippen LogP contribution in [0.15, 0.2) is 40.7 Å². The van der Waals surface area contributed by atoms with E-state index in [9.17, 15) is 13.2 Å². The predicted molar refractivity (Wildman–Crippen MR) is 138 cm³/mol. The molecule has 0 unspecified atom stereocenters. The molecule has 1 aliphatic heterocycles. The monoisotopic (exact) mass is 594 g/mol. The average molecular weight is 596 g/mol. The van der Waals surface area contributed by atoms with Crippen molar-refractivity contribution in [3.8, 4) is 0 Å². The van der Waals surface area contributed by atoms with Crippen LogP contribution in [0.2, 0.25) is 19.4 Å². The van der Waals surface area contributed by atoms with Gasteiger partial charge in [-0.15, -0.1) is 11.3 Å². The van der Waals surface area contributed by atoms with Gasteiger partial charge in [-0.3, -0.25) is 4.68 Å². The molecule has 3 aromatic rings. The molecule has 186 valence electrons. The molecule has 0 saturated heterocycles. The van der Waals surface area contributed by atoms with Crippen LogP contribution >= 0.6 is 57.7 Å². The molecular weight excluding hydrogens is 578 g/mol. The fourth-order valence-corrected chi connectivity index (χ4v) is 6.71. The number of hydrogen-bond acceptors (Lipinski definition) is 6. The largest absolute Gasteiger partial charge is 0.372 e. The Bertz CT molecular complexity index is 1400. The van der Waals surface area contributed by atoms with Crippen LogP contribution in [0.1, 0.15) is 16.8 Å². The summed E-state index contributed by atoms with van der Waals surface area (Å²) in [5, 5.41) is 5.65. The van der Waals surface area contributed by atoms with E-state index >= 15 is 0 Å². The number of amides is 2. The Morgan fingerprint density at radius 3 is 2.69 bits per heavy atom. The quantitative estimate of drug-likeness (QED) is 0.403. The molecule has 2 amide bonds. The van der Waals surface area contributed by atoms with Gasteiger partial charge in [0.2, 0.25) is 0 Å². The number of nitrogens with one attached hydrogen (secondary N) is 1. The predicted octanol–water partition coefficient (Wildman–Crippen LogP) is 5.55. The molecule has 8 nitrogen and oxygen atoms in total. The third kappa shape index (κ3) is 5.96. The Kier molecular flexibility index (Phi) is 8.02. The molecule has 0 aliphatic carbocycles. The number of rotatable bonds is 6. The molecule has 0 atom stereocenters. The smallest absolute Gasteiger partial charge is 0.331 e. The number of nitrogens with zero attached hydrogens (tertiary/aromatic N) is 3. The summed E-state index contributed by atoms with van der Waals surface area (Å²) in [5.74, 6) is 0. The molecule has 35 heavy (non-hydrogen) atoms. The van der Waals surface area contributed by atoms with E-state index in [1.807, 2.05) is 15.5 Å². The Morgan fingerprint density at radius 1 is 1.23 bits per heavy atom. The zero-order valence-electron chi connectivity index (χ0n) is 18.1. The van der Waals surface area contributed by atoms with Gasteiger partial charge < -0.3 is 9.64 Å². The van der Waals surface area contributed by atoms with Gasteiger partial charge in [0.15, 0.2) is 0 Å². The molecule has 0 bridgehead atoms. The summed E-state index contributed by atoms with van der Waals surface area (Å²) in [6.07, 6.45) is 3.52. The van der Waals surface area contributed by atoms with Crippen LogP contribution in [0.25, 0.3) is 5.57 Å². The number of aromatic nitrogens is 2. The Morgan fingerprint density at radius 2 is 2.00 bits per heavy atom. The first-order chi connectivity index (χ1) is 16.5. The summed E-state index contributed by atoms with van der Waals surface area (Å²) >= 11 is 24.8. The minimum absolute atomic E-state index is 0.104. The van der Waals surface area contributed by atoms with Gasteiger partial charge in [0, 0.05) is 34.8 Å². The normalized spacial score (nSPS) is 14.7. The molecule has 0 spiro atoms. The number of halogens is 4. The summed E-state index contributed by atoms with van der Waals surface area (Å²) in [7, 11) is -2.63. The van der Waals surface area contributed by atoms with Crippen molar-refractivity contribution in [3.63, 3.8) is 0 Å². The second-order valence-corrected chi connectivity index (χ2v) is 12.4. The van der Waals surface area contributed by atoms with E-state index < -0.39 is 16.1 Å². The molecule has 0 saturated carbocycles. The minimum atomic E-state index is -4.11. The van der Waals surface area contributed by atoms with Gasteiger partial charge in [0.25, 0.3) is 10.0 Å². The second kappa shape index (κ2) is 10.7. The van der Waals surface area contributed by atoms with Crippen molar-refractivity contribution in [1.29, 1.82) is 0 Å². The van der Waals surface area contributed by atoms with E-state index in [2.05, 4.69) is 5.10 Å². The van der Waals surface area contributed by atoms with E-state index in [0.29, 0.717) is 29.8 Å². The summed E-state index contributed by atoms with van der Waals surface area (Å²) in [4.78, 5) is 13.8. The molecule has 1 aromatic carbocycles. The molecule has 1 N–H and O–H groups in total. The lowest BCUT2D eigenvalue weighted by atomic mass is 10.1. The van der Waals surface area contributed by atoms with Crippen molar-refractivity contribution in [3.05, 3.63) is 72.8 Å². The number of fused-ring (bicyclic) bond motifs is 1. The van der Waals surface area contributed by atoms with Crippen LogP contribution in [-0.4, -0.2) is 49.3 Å². The molecule has 1 aliphatic rings.